The normalized spacial score (nSPS) is 10.4. The zero-order valence-electron chi connectivity index (χ0n) is 10.1. The number of anilines is 1. The number of thioether (sulfide) groups is 1. The van der Waals surface area contributed by atoms with Crippen molar-refractivity contribution in [2.24, 2.45) is 0 Å². The Labute approximate surface area is 112 Å². The molecule has 90 valence electrons. The molecule has 0 aliphatic heterocycles. The van der Waals surface area contributed by atoms with Gasteiger partial charge in [0.05, 0.1) is 0 Å². The highest BCUT2D eigenvalue weighted by Gasteiger charge is 2.00. The van der Waals surface area contributed by atoms with E-state index in [2.05, 4.69) is 53.3 Å². The van der Waals surface area contributed by atoms with E-state index in [1.807, 2.05) is 11.8 Å². The van der Waals surface area contributed by atoms with Crippen molar-refractivity contribution in [1.29, 1.82) is 0 Å². The summed E-state index contributed by atoms with van der Waals surface area (Å²) in [5, 5.41) is 3.52. The molecule has 3 heteroatoms. The van der Waals surface area contributed by atoms with Crippen molar-refractivity contribution < 1.29 is 0 Å². The van der Waals surface area contributed by atoms with Crippen LogP contribution in [0.25, 0.3) is 0 Å². The summed E-state index contributed by atoms with van der Waals surface area (Å²) in [4.78, 5) is 0. The summed E-state index contributed by atoms with van der Waals surface area (Å²) in [6.45, 7) is 5.48. The predicted octanol–water partition coefficient (Wildman–Crippen LogP) is 4.57. The fourth-order valence-corrected chi connectivity index (χ4v) is 2.61. The maximum atomic E-state index is 3.52. The van der Waals surface area contributed by atoms with Crippen molar-refractivity contribution in [2.75, 3.05) is 23.4 Å². The van der Waals surface area contributed by atoms with E-state index in [9.17, 15) is 0 Å². The first-order valence-electron chi connectivity index (χ1n) is 5.88. The van der Waals surface area contributed by atoms with Crippen molar-refractivity contribution in [3.8, 4) is 0 Å². The van der Waals surface area contributed by atoms with Crippen LogP contribution >= 0.6 is 27.7 Å². The molecule has 0 saturated heterocycles. The van der Waals surface area contributed by atoms with Gasteiger partial charge in [0.15, 0.2) is 0 Å². The SMILES string of the molecule is CCSCCCNc1ccc(Br)cc1CC. The monoisotopic (exact) mass is 301 g/mol. The second-order valence-electron chi connectivity index (χ2n) is 3.63. The summed E-state index contributed by atoms with van der Waals surface area (Å²) in [5.41, 5.74) is 2.67. The lowest BCUT2D eigenvalue weighted by Gasteiger charge is -2.11. The van der Waals surface area contributed by atoms with E-state index in [1.54, 1.807) is 0 Å². The number of benzene rings is 1. The predicted molar refractivity (Wildman–Crippen MR) is 79.6 cm³/mol. The molecule has 1 N–H and O–H groups in total. The summed E-state index contributed by atoms with van der Waals surface area (Å²) in [5.74, 6) is 2.47. The van der Waals surface area contributed by atoms with Crippen LogP contribution in [0.5, 0.6) is 0 Å². The minimum absolute atomic E-state index is 1.07. The molecule has 0 saturated carbocycles. The molecule has 1 aromatic carbocycles. The molecule has 0 amide bonds. The average molecular weight is 302 g/mol. The van der Waals surface area contributed by atoms with E-state index in [4.69, 9.17) is 0 Å². The van der Waals surface area contributed by atoms with Crippen LogP contribution in [-0.2, 0) is 6.42 Å². The number of halogens is 1. The van der Waals surface area contributed by atoms with Gasteiger partial charge in [0.1, 0.15) is 0 Å². The van der Waals surface area contributed by atoms with Gasteiger partial charge in [-0.2, -0.15) is 11.8 Å². The summed E-state index contributed by atoms with van der Waals surface area (Å²) >= 11 is 5.52. The fraction of sp³-hybridized carbons (Fsp3) is 0.538. The third-order valence-corrected chi connectivity index (χ3v) is 3.91. The Morgan fingerprint density at radius 2 is 2.12 bits per heavy atom. The molecular formula is C13H20BrNS. The highest BCUT2D eigenvalue weighted by Crippen LogP contribution is 2.21. The quantitative estimate of drug-likeness (QED) is 0.741. The smallest absolute Gasteiger partial charge is 0.0373 e. The van der Waals surface area contributed by atoms with Gasteiger partial charge in [0, 0.05) is 16.7 Å². The van der Waals surface area contributed by atoms with Crippen molar-refractivity contribution in [3.05, 3.63) is 28.2 Å². The molecular weight excluding hydrogens is 282 g/mol. The van der Waals surface area contributed by atoms with Crippen molar-refractivity contribution in [2.45, 2.75) is 26.7 Å². The summed E-state index contributed by atoms with van der Waals surface area (Å²) in [7, 11) is 0. The molecule has 0 aromatic heterocycles. The van der Waals surface area contributed by atoms with Crippen LogP contribution in [0.4, 0.5) is 5.69 Å². The Morgan fingerprint density at radius 1 is 1.31 bits per heavy atom. The third kappa shape index (κ3) is 4.79. The lowest BCUT2D eigenvalue weighted by Crippen LogP contribution is -2.05. The fourth-order valence-electron chi connectivity index (χ4n) is 1.57. The van der Waals surface area contributed by atoms with Crippen LogP contribution in [0.2, 0.25) is 0 Å². The van der Waals surface area contributed by atoms with Gasteiger partial charge < -0.3 is 5.32 Å². The minimum Gasteiger partial charge on any atom is -0.385 e. The van der Waals surface area contributed by atoms with Crippen LogP contribution in [0, 0.1) is 0 Å². The second kappa shape index (κ2) is 8.02. The van der Waals surface area contributed by atoms with Gasteiger partial charge >= 0.3 is 0 Å². The molecule has 0 aliphatic carbocycles. The summed E-state index contributed by atoms with van der Waals surface area (Å²) < 4.78 is 1.16. The molecule has 0 aliphatic rings. The van der Waals surface area contributed by atoms with Gasteiger partial charge in [-0.1, -0.05) is 29.8 Å². The van der Waals surface area contributed by atoms with Crippen LogP contribution in [0.3, 0.4) is 0 Å². The molecule has 1 rings (SSSR count). The Balaban J connectivity index is 2.41. The van der Waals surface area contributed by atoms with Gasteiger partial charge in [0.25, 0.3) is 0 Å². The van der Waals surface area contributed by atoms with Crippen LogP contribution in [0.15, 0.2) is 22.7 Å². The van der Waals surface area contributed by atoms with Gasteiger partial charge in [-0.15, -0.1) is 0 Å². The van der Waals surface area contributed by atoms with E-state index < -0.39 is 0 Å². The van der Waals surface area contributed by atoms with Gasteiger partial charge in [-0.05, 0) is 48.1 Å². The number of nitrogens with one attached hydrogen (secondary N) is 1. The van der Waals surface area contributed by atoms with E-state index in [1.165, 1.54) is 29.2 Å². The van der Waals surface area contributed by atoms with Gasteiger partial charge in [-0.3, -0.25) is 0 Å². The molecule has 16 heavy (non-hydrogen) atoms. The molecule has 0 unspecified atom stereocenters. The van der Waals surface area contributed by atoms with Gasteiger partial charge in [0.2, 0.25) is 0 Å². The zero-order valence-corrected chi connectivity index (χ0v) is 12.5. The number of aryl methyl sites for hydroxylation is 1. The number of rotatable bonds is 7. The molecule has 1 aromatic rings. The summed E-state index contributed by atoms with van der Waals surface area (Å²) in [6.07, 6.45) is 2.31. The zero-order chi connectivity index (χ0) is 11.8. The molecule has 0 spiro atoms. The van der Waals surface area contributed by atoms with Crippen LogP contribution in [0.1, 0.15) is 25.8 Å². The Morgan fingerprint density at radius 3 is 2.81 bits per heavy atom. The lowest BCUT2D eigenvalue weighted by atomic mass is 10.1. The first kappa shape index (κ1) is 13.9. The second-order valence-corrected chi connectivity index (χ2v) is 5.94. The third-order valence-electron chi connectivity index (χ3n) is 2.43. The average Bonchev–Trinajstić information content (AvgIpc) is 2.30. The van der Waals surface area contributed by atoms with Crippen molar-refractivity contribution in [1.82, 2.24) is 0 Å². The molecule has 0 fully saturated rings. The lowest BCUT2D eigenvalue weighted by molar-refractivity contribution is 0.983. The maximum Gasteiger partial charge on any atom is 0.0373 e. The van der Waals surface area contributed by atoms with E-state index in [0.717, 1.165) is 17.4 Å². The largest absolute Gasteiger partial charge is 0.385 e. The topological polar surface area (TPSA) is 12.0 Å². The maximum absolute atomic E-state index is 3.52. The first-order chi connectivity index (χ1) is 7.77. The van der Waals surface area contributed by atoms with E-state index >= 15 is 0 Å². The first-order valence-corrected chi connectivity index (χ1v) is 7.82. The van der Waals surface area contributed by atoms with Crippen molar-refractivity contribution >= 4 is 33.4 Å². The van der Waals surface area contributed by atoms with Crippen molar-refractivity contribution in [3.63, 3.8) is 0 Å². The molecule has 0 heterocycles. The molecule has 0 atom stereocenters. The standard InChI is InChI=1S/C13H20BrNS/c1-3-11-10-12(14)6-7-13(11)15-8-5-9-16-4-2/h6-7,10,15H,3-5,8-9H2,1-2H3. The number of hydrogen-bond donors (Lipinski definition) is 1. The Kier molecular flexibility index (Phi) is 6.97. The summed E-state index contributed by atoms with van der Waals surface area (Å²) in [6, 6.07) is 6.46. The molecule has 0 radical (unpaired) electrons. The van der Waals surface area contributed by atoms with E-state index in [0.29, 0.717) is 0 Å². The van der Waals surface area contributed by atoms with Crippen LogP contribution in [-0.4, -0.2) is 18.1 Å². The van der Waals surface area contributed by atoms with Crippen LogP contribution < -0.4 is 5.32 Å². The van der Waals surface area contributed by atoms with E-state index in [-0.39, 0.29) is 0 Å². The Bertz CT molecular complexity index is 315. The van der Waals surface area contributed by atoms with Gasteiger partial charge in [-0.25, -0.2) is 0 Å². The molecule has 1 nitrogen and oxygen atoms in total. The Hall–Kier alpha value is -0.150. The highest BCUT2D eigenvalue weighted by atomic mass is 79.9. The number of hydrogen-bond acceptors (Lipinski definition) is 2. The molecule has 0 bridgehead atoms. The minimum atomic E-state index is 1.07. The highest BCUT2D eigenvalue weighted by molar-refractivity contribution is 9.10.